The molecule has 0 saturated carbocycles. The van der Waals surface area contributed by atoms with E-state index in [0.717, 1.165) is 0 Å². The molecule has 10 heteroatoms. The summed E-state index contributed by atoms with van der Waals surface area (Å²) >= 11 is 0. The zero-order valence-electron chi connectivity index (χ0n) is 19.0. The standard InChI is InChI=1S/C22H36N6O4/c1-14(2)13-18(20(30)27-16-9-5-4-6-10-16)28-19(29)17(26-15(3)21(31)32)11-7-8-12-25-22(23)24/h4-6,9-10,14-15,17-18,26H,7-8,11-13H2,1-3H3,(H,27,30)(H,28,29)(H,31,32)(H4,23,24,25)/t15-,17+,18+/m1/s1. The van der Waals surface area contributed by atoms with E-state index in [-0.39, 0.29) is 17.8 Å². The van der Waals surface area contributed by atoms with Crippen LogP contribution in [-0.2, 0) is 14.4 Å². The lowest BCUT2D eigenvalue weighted by Gasteiger charge is -2.25. The SMILES string of the molecule is CC(C)C[C@H](NC(=O)[C@H](CCCCN=C(N)N)N[C@H](C)C(=O)O)C(=O)Nc1ccccc1. The van der Waals surface area contributed by atoms with E-state index in [1.54, 1.807) is 24.3 Å². The van der Waals surface area contributed by atoms with Gasteiger partial charge in [0.05, 0.1) is 6.04 Å². The van der Waals surface area contributed by atoms with E-state index in [9.17, 15) is 19.5 Å². The van der Waals surface area contributed by atoms with E-state index in [1.807, 2.05) is 19.9 Å². The van der Waals surface area contributed by atoms with Crippen LogP contribution in [0.25, 0.3) is 0 Å². The minimum Gasteiger partial charge on any atom is -0.480 e. The van der Waals surface area contributed by atoms with E-state index in [0.29, 0.717) is 37.9 Å². The van der Waals surface area contributed by atoms with Crippen LogP contribution in [0.5, 0.6) is 0 Å². The molecule has 1 aromatic carbocycles. The molecule has 0 aliphatic heterocycles. The van der Waals surface area contributed by atoms with Crippen molar-refractivity contribution in [3.05, 3.63) is 30.3 Å². The third kappa shape index (κ3) is 10.8. The molecule has 0 aliphatic rings. The number of carboxylic acids is 1. The number of carboxylic acid groups (broad SMARTS) is 1. The predicted molar refractivity (Wildman–Crippen MR) is 125 cm³/mol. The van der Waals surface area contributed by atoms with Crippen molar-refractivity contribution < 1.29 is 19.5 Å². The molecule has 0 heterocycles. The summed E-state index contributed by atoms with van der Waals surface area (Å²) in [5.74, 6) is -1.66. The molecule has 0 bridgehead atoms. The second-order valence-corrected chi connectivity index (χ2v) is 8.13. The zero-order valence-corrected chi connectivity index (χ0v) is 19.0. The third-order valence-electron chi connectivity index (χ3n) is 4.71. The lowest BCUT2D eigenvalue weighted by atomic mass is 10.0. The van der Waals surface area contributed by atoms with Crippen LogP contribution in [0.4, 0.5) is 5.69 Å². The van der Waals surface area contributed by atoms with Gasteiger partial charge >= 0.3 is 5.97 Å². The number of nitrogens with zero attached hydrogens (tertiary/aromatic N) is 1. The number of carbonyl (C=O) groups excluding carboxylic acids is 2. The Morgan fingerprint density at radius 3 is 2.22 bits per heavy atom. The first-order valence-corrected chi connectivity index (χ1v) is 10.8. The summed E-state index contributed by atoms with van der Waals surface area (Å²) in [7, 11) is 0. The summed E-state index contributed by atoms with van der Waals surface area (Å²) in [6, 6.07) is 6.53. The molecule has 1 rings (SSSR count). The van der Waals surface area contributed by atoms with Gasteiger partial charge in [-0.2, -0.15) is 0 Å². The Hall–Kier alpha value is -3.14. The summed E-state index contributed by atoms with van der Waals surface area (Å²) in [5, 5.41) is 17.7. The van der Waals surface area contributed by atoms with Crippen molar-refractivity contribution >= 4 is 29.4 Å². The third-order valence-corrected chi connectivity index (χ3v) is 4.71. The number of unbranched alkanes of at least 4 members (excludes halogenated alkanes) is 1. The molecular weight excluding hydrogens is 412 g/mol. The van der Waals surface area contributed by atoms with E-state index in [2.05, 4.69) is 20.9 Å². The molecule has 1 aromatic rings. The highest BCUT2D eigenvalue weighted by Crippen LogP contribution is 2.11. The van der Waals surface area contributed by atoms with Gasteiger partial charge in [-0.05, 0) is 50.7 Å². The van der Waals surface area contributed by atoms with Gasteiger partial charge in [0, 0.05) is 12.2 Å². The molecule has 0 spiro atoms. The van der Waals surface area contributed by atoms with Gasteiger partial charge in [0.25, 0.3) is 0 Å². The molecule has 178 valence electrons. The minimum atomic E-state index is -1.07. The lowest BCUT2D eigenvalue weighted by Crippen LogP contribution is -2.54. The van der Waals surface area contributed by atoms with Crippen molar-refractivity contribution in [2.24, 2.45) is 22.4 Å². The van der Waals surface area contributed by atoms with Crippen LogP contribution in [0.2, 0.25) is 0 Å². The number of anilines is 1. The van der Waals surface area contributed by atoms with E-state index in [1.165, 1.54) is 6.92 Å². The van der Waals surface area contributed by atoms with Crippen molar-refractivity contribution in [2.45, 2.75) is 64.6 Å². The summed E-state index contributed by atoms with van der Waals surface area (Å²) in [6.45, 7) is 5.80. The smallest absolute Gasteiger partial charge is 0.320 e. The van der Waals surface area contributed by atoms with Gasteiger partial charge in [0.2, 0.25) is 11.8 Å². The average molecular weight is 449 g/mol. The molecule has 3 atom stereocenters. The highest BCUT2D eigenvalue weighted by atomic mass is 16.4. The predicted octanol–water partition coefficient (Wildman–Crippen LogP) is 1.03. The fourth-order valence-corrected chi connectivity index (χ4v) is 3.06. The van der Waals surface area contributed by atoms with Crippen molar-refractivity contribution in [2.75, 3.05) is 11.9 Å². The Labute approximate surface area is 189 Å². The Morgan fingerprint density at radius 2 is 1.66 bits per heavy atom. The van der Waals surface area contributed by atoms with Gasteiger partial charge in [-0.1, -0.05) is 32.0 Å². The topological polar surface area (TPSA) is 172 Å². The fourth-order valence-electron chi connectivity index (χ4n) is 3.06. The first-order chi connectivity index (χ1) is 15.1. The number of para-hydroxylation sites is 1. The number of nitrogens with one attached hydrogen (secondary N) is 3. The summed E-state index contributed by atoms with van der Waals surface area (Å²) in [5.41, 5.74) is 11.2. The fraction of sp³-hybridized carbons (Fsp3) is 0.545. The molecule has 0 aromatic heterocycles. The van der Waals surface area contributed by atoms with Gasteiger partial charge in [0.1, 0.15) is 12.1 Å². The highest BCUT2D eigenvalue weighted by molar-refractivity contribution is 5.97. The normalized spacial score (nSPS) is 13.6. The van der Waals surface area contributed by atoms with Gasteiger partial charge < -0.3 is 27.2 Å². The van der Waals surface area contributed by atoms with Gasteiger partial charge in [-0.25, -0.2) is 0 Å². The lowest BCUT2D eigenvalue weighted by molar-refractivity contribution is -0.139. The van der Waals surface area contributed by atoms with E-state index < -0.39 is 30.0 Å². The molecule has 10 nitrogen and oxygen atoms in total. The summed E-state index contributed by atoms with van der Waals surface area (Å²) in [6.07, 6.45) is 2.04. The molecule has 0 saturated heterocycles. The highest BCUT2D eigenvalue weighted by Gasteiger charge is 2.28. The molecule has 8 N–H and O–H groups in total. The van der Waals surface area contributed by atoms with E-state index in [4.69, 9.17) is 11.5 Å². The minimum absolute atomic E-state index is 0.00197. The second-order valence-electron chi connectivity index (χ2n) is 8.13. The zero-order chi connectivity index (χ0) is 24.1. The van der Waals surface area contributed by atoms with Crippen LogP contribution in [0.15, 0.2) is 35.3 Å². The van der Waals surface area contributed by atoms with Crippen molar-refractivity contribution in [3.8, 4) is 0 Å². The van der Waals surface area contributed by atoms with Crippen molar-refractivity contribution in [3.63, 3.8) is 0 Å². The molecule has 0 fully saturated rings. The van der Waals surface area contributed by atoms with Gasteiger partial charge in [-0.15, -0.1) is 0 Å². The quantitative estimate of drug-likeness (QED) is 0.140. The first kappa shape index (κ1) is 26.9. The maximum Gasteiger partial charge on any atom is 0.320 e. The van der Waals surface area contributed by atoms with Crippen molar-refractivity contribution in [1.29, 1.82) is 0 Å². The maximum atomic E-state index is 13.0. The largest absolute Gasteiger partial charge is 0.480 e. The summed E-state index contributed by atoms with van der Waals surface area (Å²) < 4.78 is 0. The van der Waals surface area contributed by atoms with Crippen LogP contribution in [0, 0.1) is 5.92 Å². The number of carbonyl (C=O) groups is 3. The Balaban J connectivity index is 2.85. The maximum absolute atomic E-state index is 13.0. The first-order valence-electron chi connectivity index (χ1n) is 10.8. The molecule has 2 amide bonds. The van der Waals surface area contributed by atoms with E-state index >= 15 is 0 Å². The van der Waals surface area contributed by atoms with Crippen LogP contribution in [-0.4, -0.2) is 53.5 Å². The van der Waals surface area contributed by atoms with Crippen molar-refractivity contribution in [1.82, 2.24) is 10.6 Å². The number of rotatable bonds is 14. The van der Waals surface area contributed by atoms with Crippen LogP contribution in [0.1, 0.15) is 46.5 Å². The number of amides is 2. The van der Waals surface area contributed by atoms with Gasteiger partial charge in [0.15, 0.2) is 5.96 Å². The number of nitrogens with two attached hydrogens (primary N) is 2. The second kappa shape index (κ2) is 14.0. The molecular formula is C22H36N6O4. The average Bonchev–Trinajstić information content (AvgIpc) is 2.72. The van der Waals surface area contributed by atoms with Crippen LogP contribution < -0.4 is 27.4 Å². The molecule has 0 unspecified atom stereocenters. The Morgan fingerprint density at radius 1 is 1.00 bits per heavy atom. The summed E-state index contributed by atoms with van der Waals surface area (Å²) in [4.78, 5) is 41.0. The Kier molecular flexibility index (Phi) is 11.8. The van der Waals surface area contributed by atoms with Crippen LogP contribution >= 0.6 is 0 Å². The van der Waals surface area contributed by atoms with Gasteiger partial charge in [-0.3, -0.25) is 24.7 Å². The monoisotopic (exact) mass is 448 g/mol. The molecule has 32 heavy (non-hydrogen) atoms. The van der Waals surface area contributed by atoms with Crippen LogP contribution in [0.3, 0.4) is 0 Å². The number of aliphatic carboxylic acids is 1. The number of guanidine groups is 1. The number of benzene rings is 1. The number of hydrogen-bond acceptors (Lipinski definition) is 5. The molecule has 0 radical (unpaired) electrons. The number of aliphatic imine (C=N–C) groups is 1. The number of hydrogen-bond donors (Lipinski definition) is 6. The Bertz CT molecular complexity index is 765. The molecule has 0 aliphatic carbocycles.